The number of nitrogens with zero attached hydrogens (tertiary/aromatic N) is 1. The molecular formula is C20H21ClN2O3. The number of piperidine rings is 1. The first-order chi connectivity index (χ1) is 12.7. The monoisotopic (exact) mass is 372 g/mol. The molecule has 1 saturated heterocycles. The standard InChI is InChI=1S/C20H21ClN2O3/c21-16-3-1-2-14(10-16)12-23-8-6-15(7-9-23)20(24)22-17-4-5-18-19(11-17)26-13-25-18/h1-5,10-11,15H,6-9,12-13H2,(H,22,24). The lowest BCUT2D eigenvalue weighted by Crippen LogP contribution is -2.37. The van der Waals surface area contributed by atoms with E-state index < -0.39 is 0 Å². The molecule has 0 saturated carbocycles. The molecule has 2 aliphatic rings. The maximum Gasteiger partial charge on any atom is 0.231 e. The second-order valence-corrected chi connectivity index (χ2v) is 7.17. The molecule has 0 aliphatic carbocycles. The fourth-order valence-electron chi connectivity index (χ4n) is 3.47. The van der Waals surface area contributed by atoms with Crippen molar-refractivity contribution in [2.45, 2.75) is 19.4 Å². The summed E-state index contributed by atoms with van der Waals surface area (Å²) in [4.78, 5) is 14.9. The van der Waals surface area contributed by atoms with Crippen LogP contribution >= 0.6 is 11.6 Å². The van der Waals surface area contributed by atoms with Crippen LogP contribution in [0.3, 0.4) is 0 Å². The number of hydrogen-bond donors (Lipinski definition) is 1. The third-order valence-electron chi connectivity index (χ3n) is 4.89. The summed E-state index contributed by atoms with van der Waals surface area (Å²) < 4.78 is 10.6. The molecular weight excluding hydrogens is 352 g/mol. The Balaban J connectivity index is 1.29. The van der Waals surface area contributed by atoms with Gasteiger partial charge >= 0.3 is 0 Å². The van der Waals surface area contributed by atoms with E-state index in [1.807, 2.05) is 36.4 Å². The molecule has 0 aromatic heterocycles. The number of carbonyl (C=O) groups excluding carboxylic acids is 1. The third-order valence-corrected chi connectivity index (χ3v) is 5.13. The first-order valence-corrected chi connectivity index (χ1v) is 9.22. The number of hydrogen-bond acceptors (Lipinski definition) is 4. The van der Waals surface area contributed by atoms with Crippen molar-refractivity contribution in [2.24, 2.45) is 5.92 Å². The Hall–Kier alpha value is -2.24. The van der Waals surface area contributed by atoms with Crippen LogP contribution in [0.2, 0.25) is 5.02 Å². The molecule has 6 heteroatoms. The number of amides is 1. The topological polar surface area (TPSA) is 50.8 Å². The van der Waals surface area contributed by atoms with Crippen LogP contribution in [-0.4, -0.2) is 30.7 Å². The fraction of sp³-hybridized carbons (Fsp3) is 0.350. The van der Waals surface area contributed by atoms with E-state index >= 15 is 0 Å². The van der Waals surface area contributed by atoms with E-state index in [0.29, 0.717) is 5.75 Å². The summed E-state index contributed by atoms with van der Waals surface area (Å²) in [5, 5.41) is 3.77. The molecule has 0 unspecified atom stereocenters. The summed E-state index contributed by atoms with van der Waals surface area (Å²) in [7, 11) is 0. The molecule has 1 fully saturated rings. The van der Waals surface area contributed by atoms with Gasteiger partial charge in [-0.1, -0.05) is 23.7 Å². The highest BCUT2D eigenvalue weighted by molar-refractivity contribution is 6.30. The van der Waals surface area contributed by atoms with Gasteiger partial charge in [0.25, 0.3) is 0 Å². The number of rotatable bonds is 4. The van der Waals surface area contributed by atoms with Crippen LogP contribution in [0.4, 0.5) is 5.69 Å². The maximum atomic E-state index is 12.6. The zero-order chi connectivity index (χ0) is 17.9. The molecule has 0 radical (unpaired) electrons. The average molecular weight is 373 g/mol. The Morgan fingerprint density at radius 3 is 2.73 bits per heavy atom. The van der Waals surface area contributed by atoms with E-state index in [1.54, 1.807) is 0 Å². The van der Waals surface area contributed by atoms with Crippen LogP contribution in [0, 0.1) is 5.92 Å². The summed E-state index contributed by atoms with van der Waals surface area (Å²) in [5.74, 6) is 1.51. The zero-order valence-electron chi connectivity index (χ0n) is 14.4. The van der Waals surface area contributed by atoms with E-state index in [9.17, 15) is 4.79 Å². The molecule has 136 valence electrons. The normalized spacial score (nSPS) is 17.3. The molecule has 5 nitrogen and oxygen atoms in total. The van der Waals surface area contributed by atoms with Gasteiger partial charge in [-0.2, -0.15) is 0 Å². The van der Waals surface area contributed by atoms with Gasteiger partial charge in [-0.3, -0.25) is 9.69 Å². The van der Waals surface area contributed by atoms with Gasteiger partial charge in [-0.15, -0.1) is 0 Å². The molecule has 0 atom stereocenters. The van der Waals surface area contributed by atoms with Gasteiger partial charge in [0.1, 0.15) is 0 Å². The van der Waals surface area contributed by atoms with Crippen molar-refractivity contribution in [2.75, 3.05) is 25.2 Å². The highest BCUT2D eigenvalue weighted by Crippen LogP contribution is 2.34. The molecule has 2 aromatic rings. The molecule has 0 spiro atoms. The van der Waals surface area contributed by atoms with Crippen molar-refractivity contribution in [3.05, 3.63) is 53.1 Å². The Bertz CT molecular complexity index is 803. The Morgan fingerprint density at radius 2 is 1.92 bits per heavy atom. The zero-order valence-corrected chi connectivity index (χ0v) is 15.2. The highest BCUT2D eigenvalue weighted by Gasteiger charge is 2.25. The van der Waals surface area contributed by atoms with Crippen molar-refractivity contribution in [3.8, 4) is 11.5 Å². The van der Waals surface area contributed by atoms with Gasteiger partial charge < -0.3 is 14.8 Å². The van der Waals surface area contributed by atoms with Crippen molar-refractivity contribution >= 4 is 23.2 Å². The lowest BCUT2D eigenvalue weighted by Gasteiger charge is -2.31. The lowest BCUT2D eigenvalue weighted by atomic mass is 9.95. The molecule has 4 rings (SSSR count). The molecule has 26 heavy (non-hydrogen) atoms. The number of likely N-dealkylation sites (tertiary alicyclic amines) is 1. The Kier molecular flexibility index (Phi) is 5.00. The van der Waals surface area contributed by atoms with E-state index in [0.717, 1.165) is 48.9 Å². The minimum absolute atomic E-state index is 0.0380. The van der Waals surface area contributed by atoms with Crippen molar-refractivity contribution in [1.29, 1.82) is 0 Å². The second kappa shape index (κ2) is 7.56. The quantitative estimate of drug-likeness (QED) is 0.883. The van der Waals surface area contributed by atoms with E-state index in [-0.39, 0.29) is 18.6 Å². The summed E-state index contributed by atoms with van der Waals surface area (Å²) in [5.41, 5.74) is 1.96. The first-order valence-electron chi connectivity index (χ1n) is 8.85. The van der Waals surface area contributed by atoms with Gasteiger partial charge in [0, 0.05) is 29.2 Å². The summed E-state index contributed by atoms with van der Waals surface area (Å²) in [6, 6.07) is 13.4. The fourth-order valence-corrected chi connectivity index (χ4v) is 3.68. The Labute approximate surface area is 157 Å². The lowest BCUT2D eigenvalue weighted by molar-refractivity contribution is -0.121. The van der Waals surface area contributed by atoms with Crippen molar-refractivity contribution < 1.29 is 14.3 Å². The number of ether oxygens (including phenoxy) is 2. The van der Waals surface area contributed by atoms with Crippen LogP contribution in [0.25, 0.3) is 0 Å². The SMILES string of the molecule is O=C(Nc1ccc2c(c1)OCO2)C1CCN(Cc2cccc(Cl)c2)CC1. The number of carbonyl (C=O) groups is 1. The molecule has 2 aromatic carbocycles. The van der Waals surface area contributed by atoms with E-state index in [2.05, 4.69) is 16.3 Å². The van der Waals surface area contributed by atoms with Crippen LogP contribution in [-0.2, 0) is 11.3 Å². The minimum atomic E-state index is 0.0380. The first kappa shape index (κ1) is 17.2. The molecule has 0 bridgehead atoms. The molecule has 2 aliphatic heterocycles. The van der Waals surface area contributed by atoms with E-state index in [4.69, 9.17) is 21.1 Å². The van der Waals surface area contributed by atoms with Gasteiger partial charge in [0.15, 0.2) is 11.5 Å². The number of fused-ring (bicyclic) bond motifs is 1. The van der Waals surface area contributed by atoms with Crippen molar-refractivity contribution in [3.63, 3.8) is 0 Å². The Morgan fingerprint density at radius 1 is 1.12 bits per heavy atom. The summed E-state index contributed by atoms with van der Waals surface area (Å²) >= 11 is 6.05. The average Bonchev–Trinajstić information content (AvgIpc) is 3.10. The maximum absolute atomic E-state index is 12.6. The number of halogens is 1. The number of benzene rings is 2. The molecule has 2 heterocycles. The van der Waals surface area contributed by atoms with E-state index in [1.165, 1.54) is 5.56 Å². The van der Waals surface area contributed by atoms with Gasteiger partial charge in [0.2, 0.25) is 12.7 Å². The largest absolute Gasteiger partial charge is 0.454 e. The van der Waals surface area contributed by atoms with Crippen LogP contribution < -0.4 is 14.8 Å². The van der Waals surface area contributed by atoms with Gasteiger partial charge in [-0.25, -0.2) is 0 Å². The molecule has 1 N–H and O–H groups in total. The summed E-state index contributed by atoms with van der Waals surface area (Å²) in [6.45, 7) is 2.92. The predicted molar refractivity (Wildman–Crippen MR) is 101 cm³/mol. The minimum Gasteiger partial charge on any atom is -0.454 e. The van der Waals surface area contributed by atoms with Crippen LogP contribution in [0.15, 0.2) is 42.5 Å². The predicted octanol–water partition coefficient (Wildman–Crippen LogP) is 3.92. The van der Waals surface area contributed by atoms with Gasteiger partial charge in [-0.05, 0) is 55.8 Å². The van der Waals surface area contributed by atoms with Crippen LogP contribution in [0.5, 0.6) is 11.5 Å². The molecule has 1 amide bonds. The number of nitrogens with one attached hydrogen (secondary N) is 1. The van der Waals surface area contributed by atoms with Gasteiger partial charge in [0.05, 0.1) is 0 Å². The van der Waals surface area contributed by atoms with Crippen LogP contribution in [0.1, 0.15) is 18.4 Å². The third kappa shape index (κ3) is 3.94. The highest BCUT2D eigenvalue weighted by atomic mass is 35.5. The second-order valence-electron chi connectivity index (χ2n) is 6.74. The smallest absolute Gasteiger partial charge is 0.231 e. The summed E-state index contributed by atoms with van der Waals surface area (Å²) in [6.07, 6.45) is 1.72. The van der Waals surface area contributed by atoms with Crippen molar-refractivity contribution in [1.82, 2.24) is 4.90 Å². The number of anilines is 1.